The van der Waals surface area contributed by atoms with E-state index in [1.54, 1.807) is 0 Å². The third kappa shape index (κ3) is 2.31. The molecular weight excluding hydrogens is 289 g/mol. The molecule has 6 heteroatoms. The van der Waals surface area contributed by atoms with Crippen molar-refractivity contribution in [2.24, 2.45) is 5.73 Å². The van der Waals surface area contributed by atoms with Gasteiger partial charge in [0.25, 0.3) is 0 Å². The summed E-state index contributed by atoms with van der Waals surface area (Å²) in [6.45, 7) is -0.252. The lowest BCUT2D eigenvalue weighted by Gasteiger charge is -2.39. The molecule has 1 rings (SSSR count). The Morgan fingerprint density at radius 1 is 1.62 bits per heavy atom. The van der Waals surface area contributed by atoms with E-state index in [1.165, 1.54) is 7.11 Å². The molecule has 0 aromatic carbocycles. The quantitative estimate of drug-likeness (QED) is 0.443. The molecule has 5 nitrogen and oxygen atoms in total. The Kier molecular flexibility index (Phi) is 4.33. The molecule has 5 atom stereocenters. The largest absolute Gasteiger partial charge is 0.394 e. The first-order chi connectivity index (χ1) is 6.11. The molecule has 0 saturated carbocycles. The first-order valence-electron chi connectivity index (χ1n) is 3.98. The average molecular weight is 303 g/mol. The standard InChI is InChI=1S/C7H14INO4/c1-12-7-4(8)5(9)6(11)3(2-10)13-7/h3-7,10-11H,2,9H2,1H3. The summed E-state index contributed by atoms with van der Waals surface area (Å²) < 4.78 is 10.2. The second-order valence-corrected chi connectivity index (χ2v) is 4.41. The highest BCUT2D eigenvalue weighted by Crippen LogP contribution is 2.25. The highest BCUT2D eigenvalue weighted by Gasteiger charge is 2.41. The molecule has 1 heterocycles. The second kappa shape index (κ2) is 4.85. The zero-order chi connectivity index (χ0) is 10.0. The predicted octanol–water partition coefficient (Wildman–Crippen LogP) is -1.16. The molecule has 0 amide bonds. The van der Waals surface area contributed by atoms with Crippen LogP contribution >= 0.6 is 22.6 Å². The van der Waals surface area contributed by atoms with Gasteiger partial charge in [-0.2, -0.15) is 0 Å². The maximum Gasteiger partial charge on any atom is 0.171 e. The van der Waals surface area contributed by atoms with Crippen molar-refractivity contribution >= 4 is 22.6 Å². The van der Waals surface area contributed by atoms with Gasteiger partial charge in [-0.15, -0.1) is 0 Å². The smallest absolute Gasteiger partial charge is 0.171 e. The molecule has 0 aromatic heterocycles. The van der Waals surface area contributed by atoms with Crippen LogP contribution in [0, 0.1) is 0 Å². The van der Waals surface area contributed by atoms with Crippen LogP contribution in [0.1, 0.15) is 0 Å². The minimum Gasteiger partial charge on any atom is -0.394 e. The fraction of sp³-hybridized carbons (Fsp3) is 1.00. The van der Waals surface area contributed by atoms with Crippen molar-refractivity contribution in [3.8, 4) is 0 Å². The van der Waals surface area contributed by atoms with Gasteiger partial charge in [-0.3, -0.25) is 0 Å². The van der Waals surface area contributed by atoms with Gasteiger partial charge in [-0.25, -0.2) is 0 Å². The number of aliphatic hydroxyl groups is 2. The summed E-state index contributed by atoms with van der Waals surface area (Å²) in [5.74, 6) is 0. The van der Waals surface area contributed by atoms with Gasteiger partial charge in [0.05, 0.1) is 16.6 Å². The van der Waals surface area contributed by atoms with Crippen LogP contribution in [0.15, 0.2) is 0 Å². The van der Waals surface area contributed by atoms with Crippen molar-refractivity contribution < 1.29 is 19.7 Å². The van der Waals surface area contributed by atoms with Crippen molar-refractivity contribution in [2.45, 2.75) is 28.5 Å². The topological polar surface area (TPSA) is 84.9 Å². The van der Waals surface area contributed by atoms with Crippen LogP contribution in [0.25, 0.3) is 0 Å². The third-order valence-electron chi connectivity index (χ3n) is 2.12. The zero-order valence-electron chi connectivity index (χ0n) is 7.26. The summed E-state index contributed by atoms with van der Waals surface area (Å²) in [7, 11) is 1.51. The van der Waals surface area contributed by atoms with E-state index in [9.17, 15) is 5.11 Å². The van der Waals surface area contributed by atoms with E-state index < -0.39 is 24.5 Å². The molecule has 4 N–H and O–H groups in total. The Morgan fingerprint density at radius 2 is 2.23 bits per heavy atom. The molecule has 0 bridgehead atoms. The lowest BCUT2D eigenvalue weighted by molar-refractivity contribution is -0.218. The van der Waals surface area contributed by atoms with Gasteiger partial charge in [0, 0.05) is 13.2 Å². The van der Waals surface area contributed by atoms with Crippen LogP contribution in [-0.2, 0) is 9.47 Å². The number of halogens is 1. The van der Waals surface area contributed by atoms with Crippen molar-refractivity contribution in [1.82, 2.24) is 0 Å². The summed E-state index contributed by atoms with van der Waals surface area (Å²) in [5, 5.41) is 18.4. The average Bonchev–Trinajstić information content (AvgIpc) is 2.15. The van der Waals surface area contributed by atoms with Crippen LogP contribution in [0.5, 0.6) is 0 Å². The highest BCUT2D eigenvalue weighted by atomic mass is 127. The van der Waals surface area contributed by atoms with Gasteiger partial charge >= 0.3 is 0 Å². The molecule has 0 spiro atoms. The summed E-state index contributed by atoms with van der Waals surface area (Å²) in [5.41, 5.74) is 5.73. The van der Waals surface area contributed by atoms with E-state index in [4.69, 9.17) is 20.3 Å². The van der Waals surface area contributed by atoms with Crippen LogP contribution in [-0.4, -0.2) is 52.4 Å². The van der Waals surface area contributed by atoms with E-state index in [2.05, 4.69) is 22.6 Å². The van der Waals surface area contributed by atoms with Crippen molar-refractivity contribution in [1.29, 1.82) is 0 Å². The third-order valence-corrected chi connectivity index (χ3v) is 3.54. The molecule has 1 aliphatic heterocycles. The van der Waals surface area contributed by atoms with Gasteiger partial charge in [0.1, 0.15) is 6.10 Å². The molecule has 0 aliphatic carbocycles. The summed E-state index contributed by atoms with van der Waals surface area (Å²) in [6, 6.07) is -0.434. The Hall–Kier alpha value is 0.530. The Bertz CT molecular complexity index is 151. The molecule has 0 radical (unpaired) electrons. The maximum atomic E-state index is 9.55. The lowest BCUT2D eigenvalue weighted by atomic mass is 10.00. The summed E-state index contributed by atoms with van der Waals surface area (Å²) in [4.78, 5) is 0. The summed E-state index contributed by atoms with van der Waals surface area (Å²) in [6.07, 6.45) is -1.94. The van der Waals surface area contributed by atoms with Gasteiger partial charge in [-0.1, -0.05) is 22.6 Å². The minimum atomic E-state index is -0.835. The first-order valence-corrected chi connectivity index (χ1v) is 5.23. The SMILES string of the molecule is COC1OC(CO)C(O)C(N)C1I. The fourth-order valence-electron chi connectivity index (χ4n) is 1.28. The van der Waals surface area contributed by atoms with Gasteiger partial charge < -0.3 is 25.4 Å². The fourth-order valence-corrected chi connectivity index (χ4v) is 2.17. The van der Waals surface area contributed by atoms with E-state index in [1.807, 2.05) is 0 Å². The lowest BCUT2D eigenvalue weighted by Crippen LogP contribution is -2.60. The van der Waals surface area contributed by atoms with E-state index in [-0.39, 0.29) is 10.5 Å². The number of methoxy groups -OCH3 is 1. The zero-order valence-corrected chi connectivity index (χ0v) is 9.42. The first kappa shape index (κ1) is 11.6. The minimum absolute atomic E-state index is 0.111. The van der Waals surface area contributed by atoms with E-state index in [0.29, 0.717) is 0 Å². The summed E-state index contributed by atoms with van der Waals surface area (Å²) >= 11 is 2.07. The number of aliphatic hydroxyl groups excluding tert-OH is 2. The number of nitrogens with two attached hydrogens (primary N) is 1. The van der Waals surface area contributed by atoms with Crippen molar-refractivity contribution in [3.63, 3.8) is 0 Å². The van der Waals surface area contributed by atoms with Crippen LogP contribution in [0.4, 0.5) is 0 Å². The molecule has 78 valence electrons. The maximum absolute atomic E-state index is 9.55. The predicted molar refractivity (Wildman–Crippen MR) is 54.5 cm³/mol. The molecule has 1 fully saturated rings. The van der Waals surface area contributed by atoms with Crippen LogP contribution in [0.3, 0.4) is 0 Å². The highest BCUT2D eigenvalue weighted by molar-refractivity contribution is 14.1. The van der Waals surface area contributed by atoms with Crippen molar-refractivity contribution in [3.05, 3.63) is 0 Å². The number of alkyl halides is 1. The molecule has 1 aliphatic rings. The van der Waals surface area contributed by atoms with E-state index >= 15 is 0 Å². The number of hydrogen-bond acceptors (Lipinski definition) is 5. The Labute approximate surface area is 90.3 Å². The molecule has 1 saturated heterocycles. The molecule has 0 aromatic rings. The van der Waals surface area contributed by atoms with Crippen molar-refractivity contribution in [2.75, 3.05) is 13.7 Å². The number of rotatable bonds is 2. The molecular formula is C7H14INO4. The van der Waals surface area contributed by atoms with Gasteiger partial charge in [0.2, 0.25) is 0 Å². The second-order valence-electron chi connectivity index (χ2n) is 2.97. The Balaban J connectivity index is 2.66. The van der Waals surface area contributed by atoms with Gasteiger partial charge in [-0.05, 0) is 0 Å². The monoisotopic (exact) mass is 303 g/mol. The molecule has 5 unspecified atom stereocenters. The Morgan fingerprint density at radius 3 is 2.69 bits per heavy atom. The molecule has 13 heavy (non-hydrogen) atoms. The number of ether oxygens (including phenoxy) is 2. The normalized spacial score (nSPS) is 46.4. The van der Waals surface area contributed by atoms with E-state index in [0.717, 1.165) is 0 Å². The number of hydrogen-bond donors (Lipinski definition) is 3. The van der Waals surface area contributed by atoms with Crippen LogP contribution < -0.4 is 5.73 Å². The van der Waals surface area contributed by atoms with Crippen LogP contribution in [0.2, 0.25) is 0 Å². The van der Waals surface area contributed by atoms with Gasteiger partial charge in [0.15, 0.2) is 6.29 Å².